The highest BCUT2D eigenvalue weighted by Gasteiger charge is 2.21. The fourth-order valence-electron chi connectivity index (χ4n) is 6.60. The molecule has 6 aromatic carbocycles. The Morgan fingerprint density at radius 1 is 0.457 bits per heavy atom. The average molecular weight is 589 g/mol. The third-order valence-electron chi connectivity index (χ3n) is 8.62. The monoisotopic (exact) mass is 588 g/mol. The van der Waals surface area contributed by atoms with Gasteiger partial charge in [0.05, 0.1) is 39.4 Å². The van der Waals surface area contributed by atoms with Crippen LogP contribution in [0.25, 0.3) is 78.0 Å². The van der Waals surface area contributed by atoms with Crippen LogP contribution in [0.4, 0.5) is 0 Å². The molecule has 3 aromatic heterocycles. The summed E-state index contributed by atoms with van der Waals surface area (Å²) < 4.78 is 4.35. The highest BCUT2D eigenvalue weighted by molar-refractivity contribution is 6.10. The van der Waals surface area contributed by atoms with Crippen LogP contribution in [0.2, 0.25) is 0 Å². The molecule has 0 saturated heterocycles. The van der Waals surface area contributed by atoms with Crippen LogP contribution in [-0.4, -0.2) is 24.1 Å². The normalized spacial score (nSPS) is 11.5. The van der Waals surface area contributed by atoms with E-state index in [1.54, 1.807) is 0 Å². The number of benzene rings is 6. The van der Waals surface area contributed by atoms with Crippen LogP contribution in [0.1, 0.15) is 5.56 Å². The molecule has 0 fully saturated rings. The quantitative estimate of drug-likeness (QED) is 0.205. The minimum Gasteiger partial charge on any atom is -0.309 e. The summed E-state index contributed by atoms with van der Waals surface area (Å²) in [4.78, 5) is 15.4. The highest BCUT2D eigenvalue weighted by Crippen LogP contribution is 2.37. The van der Waals surface area contributed by atoms with Gasteiger partial charge in [-0.25, -0.2) is 4.98 Å². The van der Waals surface area contributed by atoms with E-state index in [4.69, 9.17) is 15.0 Å². The Hall–Kier alpha value is -6.58. The first-order chi connectivity index (χ1) is 22.8. The van der Waals surface area contributed by atoms with Gasteiger partial charge in [-0.1, -0.05) is 103 Å². The molecule has 0 radical (unpaired) electrons. The number of para-hydroxylation sites is 4. The molecule has 6 nitrogen and oxygen atoms in total. The second-order valence-electron chi connectivity index (χ2n) is 11.2. The third-order valence-corrected chi connectivity index (χ3v) is 8.62. The van der Waals surface area contributed by atoms with Gasteiger partial charge in [0.25, 0.3) is 0 Å². The number of fused-ring (bicyclic) bond motifs is 6. The van der Waals surface area contributed by atoms with Crippen molar-refractivity contribution in [3.63, 3.8) is 0 Å². The van der Waals surface area contributed by atoms with E-state index >= 15 is 0 Å². The highest BCUT2D eigenvalue weighted by atomic mass is 15.2. The Kier molecular flexibility index (Phi) is 5.77. The van der Waals surface area contributed by atoms with Crippen molar-refractivity contribution in [2.75, 3.05) is 0 Å². The molecule has 0 aliphatic heterocycles. The van der Waals surface area contributed by atoms with Gasteiger partial charge < -0.3 is 4.57 Å². The summed E-state index contributed by atoms with van der Waals surface area (Å²) in [6.07, 6.45) is 0. The second kappa shape index (κ2) is 10.3. The summed E-state index contributed by atoms with van der Waals surface area (Å²) >= 11 is 0. The Bertz CT molecular complexity index is 2550. The molecule has 0 amide bonds. The number of aromatic nitrogens is 5. The summed E-state index contributed by atoms with van der Waals surface area (Å²) in [5.74, 6) is 1.55. The van der Waals surface area contributed by atoms with Gasteiger partial charge in [-0.05, 0) is 42.5 Å². The molecule has 9 rings (SSSR count). The van der Waals surface area contributed by atoms with Crippen LogP contribution in [0.3, 0.4) is 0 Å². The summed E-state index contributed by atoms with van der Waals surface area (Å²) in [5, 5.41) is 14.6. The van der Waals surface area contributed by atoms with E-state index in [-0.39, 0.29) is 0 Å². The lowest BCUT2D eigenvalue weighted by molar-refractivity contribution is 0.951. The lowest BCUT2D eigenvalue weighted by atomic mass is 10.1. The topological polar surface area (TPSA) is 72.3 Å². The van der Waals surface area contributed by atoms with Gasteiger partial charge in [-0.3, -0.25) is 4.57 Å². The van der Waals surface area contributed by atoms with Gasteiger partial charge in [0.2, 0.25) is 5.95 Å². The fourth-order valence-corrected chi connectivity index (χ4v) is 6.60. The zero-order valence-electron chi connectivity index (χ0n) is 24.5. The minimum absolute atomic E-state index is 0.486. The lowest BCUT2D eigenvalue weighted by Crippen LogP contribution is -2.08. The van der Waals surface area contributed by atoms with Crippen molar-refractivity contribution in [1.82, 2.24) is 24.1 Å². The molecular formula is C40H24N6. The van der Waals surface area contributed by atoms with Crippen molar-refractivity contribution in [3.8, 4) is 40.5 Å². The molecule has 214 valence electrons. The third kappa shape index (κ3) is 3.93. The molecule has 0 spiro atoms. The zero-order chi connectivity index (χ0) is 30.6. The number of hydrogen-bond donors (Lipinski definition) is 0. The first-order valence-electron chi connectivity index (χ1n) is 15.1. The first-order valence-corrected chi connectivity index (χ1v) is 15.1. The molecule has 0 atom stereocenters. The smallest absolute Gasteiger partial charge is 0.238 e. The number of rotatable bonds is 4. The maximum atomic E-state index is 10.0. The molecular weight excluding hydrogens is 564 g/mol. The van der Waals surface area contributed by atoms with Crippen LogP contribution in [-0.2, 0) is 0 Å². The summed E-state index contributed by atoms with van der Waals surface area (Å²) in [6, 6.07) is 51.5. The zero-order valence-corrected chi connectivity index (χ0v) is 24.5. The predicted molar refractivity (Wildman–Crippen MR) is 184 cm³/mol. The number of nitriles is 1. The van der Waals surface area contributed by atoms with Crippen molar-refractivity contribution in [1.29, 1.82) is 5.26 Å². The predicted octanol–water partition coefficient (Wildman–Crippen LogP) is 9.27. The van der Waals surface area contributed by atoms with Crippen molar-refractivity contribution in [2.24, 2.45) is 0 Å². The van der Waals surface area contributed by atoms with E-state index in [9.17, 15) is 5.26 Å². The van der Waals surface area contributed by atoms with E-state index in [1.165, 1.54) is 0 Å². The summed E-state index contributed by atoms with van der Waals surface area (Å²) in [6.45, 7) is 0. The van der Waals surface area contributed by atoms with E-state index in [2.05, 4.69) is 100 Å². The molecule has 0 aliphatic carbocycles. The molecule has 0 unspecified atom stereocenters. The SMILES string of the molecule is N#Cc1ccc(-n2c3ccccc3c3ccccc32)c(-c2nc(-c3ccccc3)nc(-n3c4ccccc4c4ccccc43)n2)c1. The van der Waals surface area contributed by atoms with E-state index in [0.29, 0.717) is 23.2 Å². The maximum Gasteiger partial charge on any atom is 0.238 e. The van der Waals surface area contributed by atoms with Crippen molar-refractivity contribution >= 4 is 43.6 Å². The summed E-state index contributed by atoms with van der Waals surface area (Å²) in [5.41, 5.74) is 7.18. The molecule has 0 bridgehead atoms. The van der Waals surface area contributed by atoms with E-state index < -0.39 is 0 Å². The van der Waals surface area contributed by atoms with Gasteiger partial charge >= 0.3 is 0 Å². The van der Waals surface area contributed by atoms with Gasteiger partial charge in [0.1, 0.15) is 0 Å². The number of nitrogens with zero attached hydrogens (tertiary/aromatic N) is 6. The molecule has 46 heavy (non-hydrogen) atoms. The van der Waals surface area contributed by atoms with Crippen LogP contribution < -0.4 is 0 Å². The molecule has 0 N–H and O–H groups in total. The second-order valence-corrected chi connectivity index (χ2v) is 11.2. The van der Waals surface area contributed by atoms with Crippen LogP contribution >= 0.6 is 0 Å². The fraction of sp³-hybridized carbons (Fsp3) is 0. The first kappa shape index (κ1) is 25.9. The Labute approximate surface area is 264 Å². The minimum atomic E-state index is 0.486. The summed E-state index contributed by atoms with van der Waals surface area (Å²) in [7, 11) is 0. The van der Waals surface area contributed by atoms with E-state index in [0.717, 1.165) is 60.4 Å². The molecule has 3 heterocycles. The van der Waals surface area contributed by atoms with Crippen molar-refractivity contribution in [2.45, 2.75) is 0 Å². The van der Waals surface area contributed by atoms with E-state index in [1.807, 2.05) is 60.7 Å². The van der Waals surface area contributed by atoms with Gasteiger partial charge in [0, 0.05) is 32.7 Å². The average Bonchev–Trinajstić information content (AvgIpc) is 3.65. The van der Waals surface area contributed by atoms with Crippen LogP contribution in [0.15, 0.2) is 146 Å². The Balaban J connectivity index is 1.39. The molecule has 0 saturated carbocycles. The largest absolute Gasteiger partial charge is 0.309 e. The van der Waals surface area contributed by atoms with Gasteiger partial charge in [-0.15, -0.1) is 0 Å². The Morgan fingerprint density at radius 2 is 0.935 bits per heavy atom. The molecule has 0 aliphatic rings. The Morgan fingerprint density at radius 3 is 1.48 bits per heavy atom. The van der Waals surface area contributed by atoms with Crippen molar-refractivity contribution < 1.29 is 0 Å². The maximum absolute atomic E-state index is 10.0. The standard InChI is InChI=1S/C40H24N6/c41-25-26-22-23-37(45-33-18-8-4-14-28(33)29-15-5-9-19-34(29)45)32(24-26)39-42-38(27-12-2-1-3-13-27)43-40(44-39)46-35-20-10-6-16-30(35)31-17-7-11-21-36(31)46/h1-24H. The van der Waals surface area contributed by atoms with Crippen molar-refractivity contribution in [3.05, 3.63) is 151 Å². The molecule has 9 aromatic rings. The number of hydrogen-bond acceptors (Lipinski definition) is 4. The molecule has 6 heteroatoms. The lowest BCUT2D eigenvalue weighted by Gasteiger charge is -2.15. The van der Waals surface area contributed by atoms with Crippen LogP contribution in [0.5, 0.6) is 0 Å². The van der Waals surface area contributed by atoms with Crippen LogP contribution in [0, 0.1) is 11.3 Å². The van der Waals surface area contributed by atoms with Gasteiger partial charge in [-0.2, -0.15) is 15.2 Å². The van der Waals surface area contributed by atoms with Gasteiger partial charge in [0.15, 0.2) is 11.6 Å².